The van der Waals surface area contributed by atoms with E-state index in [9.17, 15) is 0 Å². The Hall–Kier alpha value is -1.02. The van der Waals surface area contributed by atoms with Crippen LogP contribution >= 0.6 is 0 Å². The Morgan fingerprint density at radius 2 is 1.60 bits per heavy atom. The normalized spacial score (nSPS) is 14.1. The van der Waals surface area contributed by atoms with Gasteiger partial charge in [0.25, 0.3) is 0 Å². The van der Waals surface area contributed by atoms with Crippen molar-refractivity contribution < 1.29 is 2.74 Å². The average molecular weight is 329 g/mol. The molecule has 106 valence electrons. The predicted octanol–water partition coefficient (Wildman–Crippen LogP) is 5.10. The zero-order chi connectivity index (χ0) is 16.5. The average Bonchev–Trinajstić information content (AvgIpc) is 2.46. The number of hydrogen-bond donors (Lipinski definition) is 0. The molecule has 0 radical (unpaired) electrons. The summed E-state index contributed by atoms with van der Waals surface area (Å²) in [4.78, 5) is 0. The van der Waals surface area contributed by atoms with Gasteiger partial charge in [0.1, 0.15) is 0 Å². The monoisotopic (exact) mass is 330 g/mol. The van der Waals surface area contributed by atoms with E-state index in [2.05, 4.69) is 47.6 Å². The fourth-order valence-corrected chi connectivity index (χ4v) is 5.66. The molecule has 0 fully saturated rings. The van der Waals surface area contributed by atoms with E-state index in [1.54, 1.807) is 0 Å². The van der Waals surface area contributed by atoms with Crippen LogP contribution in [0.3, 0.4) is 0 Å². The van der Waals surface area contributed by atoms with Gasteiger partial charge in [-0.2, -0.15) is 0 Å². The van der Waals surface area contributed by atoms with Gasteiger partial charge in [0.15, 0.2) is 0 Å². The Labute approximate surface area is 129 Å². The molecule has 0 aliphatic heterocycles. The van der Waals surface area contributed by atoms with Crippen LogP contribution in [0.2, 0.25) is 17.3 Å². The van der Waals surface area contributed by atoms with E-state index in [1.807, 2.05) is 32.0 Å². The van der Waals surface area contributed by atoms with Crippen molar-refractivity contribution in [3.63, 3.8) is 0 Å². The van der Waals surface area contributed by atoms with E-state index >= 15 is 0 Å². The van der Waals surface area contributed by atoms with Crippen LogP contribution in [0.25, 0.3) is 11.1 Å². The molecule has 0 amide bonds. The maximum atomic E-state index is 8.60. The third-order valence-corrected chi connectivity index (χ3v) is 7.68. The second kappa shape index (κ2) is 6.17. The molecule has 0 aromatic heterocycles. The molecule has 0 N–H and O–H groups in total. The summed E-state index contributed by atoms with van der Waals surface area (Å²) in [7, 11) is 0. The molecular weight excluding hydrogens is 301 g/mol. The molecule has 0 heterocycles. The summed E-state index contributed by atoms with van der Waals surface area (Å²) < 4.78 is 18.5. The van der Waals surface area contributed by atoms with E-state index < -0.39 is 19.6 Å². The summed E-state index contributed by atoms with van der Waals surface area (Å²) in [5, 5.41) is 0. The fourth-order valence-electron chi connectivity index (χ4n) is 2.44. The Balaban J connectivity index is 2.66. The standard InChI is InChI=1S/C19H26Ge/c1-15(2)13-18-14-17(16-9-7-6-8-10-16)11-12-19(18)20(3,4)5/h6-12,14-15H,13H2,1-5H3/i13D2. The Morgan fingerprint density at radius 1 is 0.950 bits per heavy atom. The molecule has 0 nitrogen and oxygen atoms in total. The molecule has 20 heavy (non-hydrogen) atoms. The molecular formula is C19H26Ge. The van der Waals surface area contributed by atoms with Crippen LogP contribution in [0, 0.1) is 5.92 Å². The van der Waals surface area contributed by atoms with Crippen molar-refractivity contribution in [2.45, 2.75) is 37.5 Å². The molecule has 0 aliphatic rings. The minimum absolute atomic E-state index is 0.0398. The Bertz CT molecular complexity index is 640. The molecule has 0 saturated carbocycles. The van der Waals surface area contributed by atoms with Crippen LogP contribution in [0.5, 0.6) is 0 Å². The molecule has 0 saturated heterocycles. The third-order valence-electron chi connectivity index (χ3n) is 3.38. The van der Waals surface area contributed by atoms with Crippen LogP contribution in [0.4, 0.5) is 0 Å². The van der Waals surface area contributed by atoms with Crippen molar-refractivity contribution in [1.29, 1.82) is 0 Å². The van der Waals surface area contributed by atoms with Crippen molar-refractivity contribution in [2.24, 2.45) is 5.92 Å². The zero-order valence-corrected chi connectivity index (χ0v) is 15.3. The van der Waals surface area contributed by atoms with Crippen LogP contribution in [0.1, 0.15) is 22.2 Å². The van der Waals surface area contributed by atoms with Gasteiger partial charge in [-0.1, -0.05) is 0 Å². The topological polar surface area (TPSA) is 0 Å². The molecule has 2 aromatic carbocycles. The van der Waals surface area contributed by atoms with Gasteiger partial charge in [0.2, 0.25) is 0 Å². The van der Waals surface area contributed by atoms with Crippen molar-refractivity contribution in [2.75, 3.05) is 0 Å². The van der Waals surface area contributed by atoms with Gasteiger partial charge in [-0.3, -0.25) is 0 Å². The summed E-state index contributed by atoms with van der Waals surface area (Å²) >= 11 is -2.13. The van der Waals surface area contributed by atoms with E-state index in [4.69, 9.17) is 2.74 Å². The van der Waals surface area contributed by atoms with Gasteiger partial charge in [-0.15, -0.1) is 0 Å². The van der Waals surface area contributed by atoms with E-state index in [1.165, 1.54) is 4.40 Å². The molecule has 2 aromatic rings. The van der Waals surface area contributed by atoms with Crippen LogP contribution in [-0.4, -0.2) is 13.3 Å². The summed E-state index contributed by atoms with van der Waals surface area (Å²) in [6, 6.07) is 16.7. The third kappa shape index (κ3) is 3.76. The number of hydrogen-bond acceptors (Lipinski definition) is 0. The van der Waals surface area contributed by atoms with Crippen molar-refractivity contribution in [3.8, 4) is 11.1 Å². The van der Waals surface area contributed by atoms with E-state index in [0.29, 0.717) is 0 Å². The second-order valence-corrected chi connectivity index (χ2v) is 17.2. The number of rotatable bonds is 4. The summed E-state index contributed by atoms with van der Waals surface area (Å²) in [6.45, 7) is 3.93. The van der Waals surface area contributed by atoms with E-state index in [-0.39, 0.29) is 5.92 Å². The quantitative estimate of drug-likeness (QED) is 0.685. The van der Waals surface area contributed by atoms with Gasteiger partial charge >= 0.3 is 129 Å². The molecule has 0 unspecified atom stereocenters. The SMILES string of the molecule is [2H]C([2H])(c1cc(-c2ccccc2)cc[c]1[Ge]([CH3])([CH3])[CH3])C(C)C. The summed E-state index contributed by atoms with van der Waals surface area (Å²) in [5.74, 6) is 6.95. The van der Waals surface area contributed by atoms with Crippen LogP contribution in [0.15, 0.2) is 48.5 Å². The van der Waals surface area contributed by atoms with Crippen molar-refractivity contribution >= 4 is 17.7 Å². The molecule has 2 rings (SSSR count). The summed E-state index contributed by atoms with van der Waals surface area (Å²) in [5.41, 5.74) is 3.16. The van der Waals surface area contributed by atoms with Gasteiger partial charge in [0.05, 0.1) is 0 Å². The second-order valence-electron chi connectivity index (χ2n) is 6.68. The molecule has 0 atom stereocenters. The van der Waals surface area contributed by atoms with Gasteiger partial charge in [-0.05, 0) is 0 Å². The van der Waals surface area contributed by atoms with Crippen molar-refractivity contribution in [1.82, 2.24) is 0 Å². The molecule has 0 spiro atoms. The Kier molecular flexibility index (Phi) is 3.92. The molecule has 0 bridgehead atoms. The zero-order valence-electron chi connectivity index (χ0n) is 15.2. The predicted molar refractivity (Wildman–Crippen MR) is 93.4 cm³/mol. The first-order valence-corrected chi connectivity index (χ1v) is 14.7. The van der Waals surface area contributed by atoms with Gasteiger partial charge in [-0.25, -0.2) is 0 Å². The molecule has 0 aliphatic carbocycles. The minimum atomic E-state index is -2.13. The van der Waals surface area contributed by atoms with E-state index in [0.717, 1.165) is 16.7 Å². The fraction of sp³-hybridized carbons (Fsp3) is 0.368. The van der Waals surface area contributed by atoms with Crippen molar-refractivity contribution in [3.05, 3.63) is 54.1 Å². The number of benzene rings is 2. The first kappa shape index (κ1) is 12.7. The Morgan fingerprint density at radius 3 is 2.15 bits per heavy atom. The maximum absolute atomic E-state index is 8.60. The van der Waals surface area contributed by atoms with Gasteiger partial charge in [0, 0.05) is 0 Å². The molecule has 1 heteroatoms. The van der Waals surface area contributed by atoms with Crippen LogP contribution in [-0.2, 0) is 6.37 Å². The first-order valence-electron chi connectivity index (χ1n) is 8.34. The van der Waals surface area contributed by atoms with Gasteiger partial charge < -0.3 is 0 Å². The van der Waals surface area contributed by atoms with Crippen LogP contribution < -0.4 is 4.40 Å². The first-order chi connectivity index (χ1) is 10.1. The summed E-state index contributed by atoms with van der Waals surface area (Å²) in [6.07, 6.45) is -1.29.